The third-order valence-corrected chi connectivity index (χ3v) is 6.75. The van der Waals surface area contributed by atoms with Gasteiger partial charge in [0.15, 0.2) is 0 Å². The maximum atomic E-state index is 12.4. The van der Waals surface area contributed by atoms with Crippen molar-refractivity contribution in [3.05, 3.63) is 36.0 Å². The van der Waals surface area contributed by atoms with Crippen LogP contribution in [0, 0.1) is 0 Å². The second-order valence-corrected chi connectivity index (χ2v) is 9.81. The number of unbranched alkanes of at least 4 members (excludes halogenated alkanes) is 8. The summed E-state index contributed by atoms with van der Waals surface area (Å²) in [5.74, 6) is 0.262. The first-order chi connectivity index (χ1) is 17.5. The smallest absolute Gasteiger partial charge is 0.221 e. The molecule has 0 atom stereocenters. The molecule has 0 spiro atoms. The van der Waals surface area contributed by atoms with Gasteiger partial charge in [0.2, 0.25) is 11.8 Å². The standard InChI is InChI=1S/C29H49N5O2/c1-4-5-6-7-8-9-11-18-28(35)31-20-14-10-15-21-32-29(36)19-22-34-26(24-33(3)30-2)23-25-16-12-13-17-27(25)34/h12-13,16-17,23,30H,4-11,14-15,18-22,24H2,1-3H3,(H,31,35)(H,32,36). The Bertz CT molecular complexity index is 895. The molecule has 0 radical (unpaired) electrons. The first-order valence-electron chi connectivity index (χ1n) is 14.0. The molecule has 0 unspecified atom stereocenters. The number of hydrogen-bond donors (Lipinski definition) is 3. The van der Waals surface area contributed by atoms with Crippen LogP contribution in [0.4, 0.5) is 0 Å². The molecular weight excluding hydrogens is 450 g/mol. The molecule has 1 aromatic heterocycles. The molecule has 0 aliphatic heterocycles. The van der Waals surface area contributed by atoms with E-state index in [4.69, 9.17) is 0 Å². The van der Waals surface area contributed by atoms with Gasteiger partial charge < -0.3 is 15.2 Å². The zero-order chi connectivity index (χ0) is 26.0. The number of fused-ring (bicyclic) bond motifs is 1. The lowest BCUT2D eigenvalue weighted by Gasteiger charge is -2.17. The molecular formula is C29H49N5O2. The average molecular weight is 500 g/mol. The molecule has 36 heavy (non-hydrogen) atoms. The topological polar surface area (TPSA) is 78.4 Å². The highest BCUT2D eigenvalue weighted by Crippen LogP contribution is 2.21. The van der Waals surface area contributed by atoms with Crippen molar-refractivity contribution in [2.24, 2.45) is 0 Å². The van der Waals surface area contributed by atoms with E-state index >= 15 is 0 Å². The maximum Gasteiger partial charge on any atom is 0.221 e. The van der Waals surface area contributed by atoms with Crippen LogP contribution in [0.3, 0.4) is 0 Å². The number of hydrogen-bond acceptors (Lipinski definition) is 4. The van der Waals surface area contributed by atoms with E-state index in [0.717, 1.165) is 45.2 Å². The first-order valence-corrected chi connectivity index (χ1v) is 14.0. The second kappa shape index (κ2) is 18.0. The van der Waals surface area contributed by atoms with Crippen LogP contribution in [0.25, 0.3) is 10.9 Å². The summed E-state index contributed by atoms with van der Waals surface area (Å²) < 4.78 is 2.25. The molecule has 1 aromatic carbocycles. The molecule has 0 bridgehead atoms. The molecule has 0 saturated heterocycles. The van der Waals surface area contributed by atoms with Gasteiger partial charge in [0.05, 0.1) is 6.54 Å². The van der Waals surface area contributed by atoms with Gasteiger partial charge in [0.1, 0.15) is 0 Å². The lowest BCUT2D eigenvalue weighted by molar-refractivity contribution is -0.122. The van der Waals surface area contributed by atoms with Gasteiger partial charge in [0, 0.05) is 50.7 Å². The van der Waals surface area contributed by atoms with Gasteiger partial charge in [-0.2, -0.15) is 0 Å². The van der Waals surface area contributed by atoms with E-state index in [0.29, 0.717) is 25.9 Å². The number of para-hydroxylation sites is 1. The van der Waals surface area contributed by atoms with E-state index in [1.807, 2.05) is 31.2 Å². The van der Waals surface area contributed by atoms with Crippen LogP contribution < -0.4 is 16.1 Å². The number of carbonyl (C=O) groups excluding carboxylic acids is 2. The Balaban J connectivity index is 1.55. The second-order valence-electron chi connectivity index (χ2n) is 9.81. The van der Waals surface area contributed by atoms with Crippen molar-refractivity contribution < 1.29 is 9.59 Å². The van der Waals surface area contributed by atoms with E-state index in [-0.39, 0.29) is 11.8 Å². The Labute approximate surface area is 218 Å². The number of carbonyl (C=O) groups is 2. The van der Waals surface area contributed by atoms with Gasteiger partial charge in [-0.3, -0.25) is 15.0 Å². The number of benzene rings is 1. The van der Waals surface area contributed by atoms with Gasteiger partial charge in [0.25, 0.3) is 0 Å². The third kappa shape index (κ3) is 11.6. The highest BCUT2D eigenvalue weighted by Gasteiger charge is 2.11. The Morgan fingerprint density at radius 3 is 2.14 bits per heavy atom. The number of rotatable bonds is 20. The minimum Gasteiger partial charge on any atom is -0.356 e. The molecule has 0 aliphatic carbocycles. The Morgan fingerprint density at radius 2 is 1.44 bits per heavy atom. The minimum absolute atomic E-state index is 0.0868. The van der Waals surface area contributed by atoms with E-state index in [1.165, 1.54) is 48.7 Å². The van der Waals surface area contributed by atoms with Crippen molar-refractivity contribution in [3.63, 3.8) is 0 Å². The fourth-order valence-corrected chi connectivity index (χ4v) is 4.50. The Morgan fingerprint density at radius 1 is 0.833 bits per heavy atom. The molecule has 0 saturated carbocycles. The number of nitrogens with zero attached hydrogens (tertiary/aromatic N) is 2. The van der Waals surface area contributed by atoms with E-state index < -0.39 is 0 Å². The molecule has 1 heterocycles. The van der Waals surface area contributed by atoms with Crippen molar-refractivity contribution in [1.82, 2.24) is 25.6 Å². The average Bonchev–Trinajstić information content (AvgIpc) is 3.22. The zero-order valence-corrected chi connectivity index (χ0v) is 22.9. The van der Waals surface area contributed by atoms with Crippen molar-refractivity contribution >= 4 is 22.7 Å². The number of aromatic nitrogens is 1. The predicted molar refractivity (Wildman–Crippen MR) is 150 cm³/mol. The van der Waals surface area contributed by atoms with Crippen molar-refractivity contribution in [3.8, 4) is 0 Å². The summed E-state index contributed by atoms with van der Waals surface area (Å²) in [4.78, 5) is 24.4. The van der Waals surface area contributed by atoms with E-state index in [2.05, 4.69) is 45.7 Å². The Hall–Kier alpha value is -2.38. The van der Waals surface area contributed by atoms with Crippen LogP contribution in [0.5, 0.6) is 0 Å². The fourth-order valence-electron chi connectivity index (χ4n) is 4.50. The molecule has 2 aromatic rings. The fraction of sp³-hybridized carbons (Fsp3) is 0.655. The van der Waals surface area contributed by atoms with E-state index in [9.17, 15) is 9.59 Å². The quantitative estimate of drug-likeness (QED) is 0.174. The summed E-state index contributed by atoms with van der Waals surface area (Å²) >= 11 is 0. The third-order valence-electron chi connectivity index (χ3n) is 6.75. The van der Waals surface area contributed by atoms with Crippen molar-refractivity contribution in [2.75, 3.05) is 27.2 Å². The number of hydrazine groups is 1. The highest BCUT2D eigenvalue weighted by molar-refractivity contribution is 5.82. The van der Waals surface area contributed by atoms with Crippen LogP contribution in [0.15, 0.2) is 30.3 Å². The van der Waals surface area contributed by atoms with Crippen LogP contribution in [-0.4, -0.2) is 48.6 Å². The largest absolute Gasteiger partial charge is 0.356 e. The summed E-state index contributed by atoms with van der Waals surface area (Å²) in [6.07, 6.45) is 12.6. The molecule has 2 rings (SSSR count). The van der Waals surface area contributed by atoms with E-state index in [1.54, 1.807) is 0 Å². The SMILES string of the molecule is CCCCCCCCCC(=O)NCCCCCNC(=O)CCn1c(CN(C)NC)cc2ccccc21. The molecule has 202 valence electrons. The molecule has 0 aliphatic rings. The van der Waals surface area contributed by atoms with Crippen LogP contribution >= 0.6 is 0 Å². The van der Waals surface area contributed by atoms with Crippen molar-refractivity contribution in [2.45, 2.75) is 97.1 Å². The van der Waals surface area contributed by atoms with Crippen LogP contribution in [0.1, 0.15) is 89.7 Å². The molecule has 7 nitrogen and oxygen atoms in total. The summed E-state index contributed by atoms with van der Waals surface area (Å²) in [5.41, 5.74) is 5.50. The van der Waals surface area contributed by atoms with Crippen molar-refractivity contribution in [1.29, 1.82) is 0 Å². The Kier molecular flexibility index (Phi) is 14.9. The predicted octanol–water partition coefficient (Wildman–Crippen LogP) is 5.14. The van der Waals surface area contributed by atoms with Crippen LogP contribution in [0.2, 0.25) is 0 Å². The van der Waals surface area contributed by atoms with Gasteiger partial charge >= 0.3 is 0 Å². The first kappa shape index (κ1) is 29.8. The summed E-state index contributed by atoms with van der Waals surface area (Å²) in [6, 6.07) is 10.5. The van der Waals surface area contributed by atoms with Gasteiger partial charge in [-0.15, -0.1) is 0 Å². The molecule has 7 heteroatoms. The van der Waals surface area contributed by atoms with Gasteiger partial charge in [-0.1, -0.05) is 63.6 Å². The van der Waals surface area contributed by atoms with Crippen LogP contribution in [-0.2, 0) is 22.7 Å². The lowest BCUT2D eigenvalue weighted by Crippen LogP contribution is -2.31. The maximum absolute atomic E-state index is 12.4. The zero-order valence-electron chi connectivity index (χ0n) is 22.9. The summed E-state index contributed by atoms with van der Waals surface area (Å²) in [5, 5.41) is 9.32. The van der Waals surface area contributed by atoms with Gasteiger partial charge in [-0.05, 0) is 50.2 Å². The molecule has 2 amide bonds. The summed E-state index contributed by atoms with van der Waals surface area (Å²) in [6.45, 7) is 5.08. The van der Waals surface area contributed by atoms with Gasteiger partial charge in [-0.25, -0.2) is 5.01 Å². The molecule has 0 fully saturated rings. The monoisotopic (exact) mass is 499 g/mol. The number of nitrogens with one attached hydrogen (secondary N) is 3. The normalized spacial score (nSPS) is 11.3. The number of amides is 2. The molecule has 3 N–H and O–H groups in total. The lowest BCUT2D eigenvalue weighted by atomic mass is 10.1. The number of aryl methyl sites for hydroxylation is 1. The highest BCUT2D eigenvalue weighted by atomic mass is 16.2. The summed E-state index contributed by atoms with van der Waals surface area (Å²) in [7, 11) is 3.92. The minimum atomic E-state index is 0.0868.